The fourth-order valence-electron chi connectivity index (χ4n) is 3.30. The molecule has 0 amide bonds. The van der Waals surface area contributed by atoms with Gasteiger partial charge in [-0.2, -0.15) is 0 Å². The number of carboxylic acid groups (broad SMARTS) is 1. The van der Waals surface area contributed by atoms with Gasteiger partial charge in [0.05, 0.1) is 18.1 Å². The third kappa shape index (κ3) is 1.88. The van der Waals surface area contributed by atoms with Crippen LogP contribution in [0, 0.1) is 17.8 Å². The van der Waals surface area contributed by atoms with Gasteiger partial charge in [-0.25, -0.2) is 0 Å². The predicted octanol–water partition coefficient (Wildman–Crippen LogP) is 0.619. The van der Waals surface area contributed by atoms with Gasteiger partial charge in [0.15, 0.2) is 0 Å². The Labute approximate surface area is 88.9 Å². The van der Waals surface area contributed by atoms with E-state index in [-0.39, 0.29) is 11.8 Å². The van der Waals surface area contributed by atoms with Gasteiger partial charge in [-0.05, 0) is 31.6 Å². The normalized spacial score (nSPS) is 45.9. The van der Waals surface area contributed by atoms with Crippen molar-refractivity contribution in [2.75, 3.05) is 0 Å². The highest BCUT2D eigenvalue weighted by Gasteiger charge is 2.46. The molecule has 3 N–H and O–H groups in total. The van der Waals surface area contributed by atoms with E-state index in [1.54, 1.807) is 0 Å². The molecule has 2 saturated carbocycles. The van der Waals surface area contributed by atoms with Crippen LogP contribution in [0.15, 0.2) is 0 Å². The minimum atomic E-state index is -0.821. The zero-order valence-corrected chi connectivity index (χ0v) is 8.67. The van der Waals surface area contributed by atoms with E-state index in [1.165, 1.54) is 0 Å². The molecular formula is C11H18O4. The van der Waals surface area contributed by atoms with Crippen LogP contribution in [0.2, 0.25) is 0 Å². The van der Waals surface area contributed by atoms with Crippen molar-refractivity contribution in [3.05, 3.63) is 0 Å². The summed E-state index contributed by atoms with van der Waals surface area (Å²) in [5.41, 5.74) is 0. The van der Waals surface area contributed by atoms with E-state index in [4.69, 9.17) is 5.11 Å². The average molecular weight is 214 g/mol. The molecule has 86 valence electrons. The fourth-order valence-corrected chi connectivity index (χ4v) is 3.30. The first kappa shape index (κ1) is 10.9. The van der Waals surface area contributed by atoms with Crippen molar-refractivity contribution in [3.8, 4) is 0 Å². The van der Waals surface area contributed by atoms with E-state index in [0.29, 0.717) is 19.3 Å². The van der Waals surface area contributed by atoms with Crippen molar-refractivity contribution in [1.82, 2.24) is 0 Å². The maximum atomic E-state index is 11.1. The maximum Gasteiger partial charge on any atom is 0.306 e. The summed E-state index contributed by atoms with van der Waals surface area (Å²) in [6, 6.07) is 0. The number of rotatable bonds is 1. The lowest BCUT2D eigenvalue weighted by molar-refractivity contribution is -0.155. The van der Waals surface area contributed by atoms with Gasteiger partial charge in [0.25, 0.3) is 0 Å². The molecule has 0 bridgehead atoms. The summed E-state index contributed by atoms with van der Waals surface area (Å²) >= 11 is 0. The monoisotopic (exact) mass is 214 g/mol. The van der Waals surface area contributed by atoms with Crippen LogP contribution in [-0.4, -0.2) is 33.5 Å². The maximum absolute atomic E-state index is 11.1. The van der Waals surface area contributed by atoms with Crippen LogP contribution in [0.5, 0.6) is 0 Å². The summed E-state index contributed by atoms with van der Waals surface area (Å²) in [5, 5.41) is 28.8. The third-order valence-electron chi connectivity index (χ3n) is 4.03. The molecule has 0 aromatic carbocycles. The van der Waals surface area contributed by atoms with Crippen LogP contribution in [-0.2, 0) is 4.79 Å². The van der Waals surface area contributed by atoms with E-state index in [9.17, 15) is 15.0 Å². The Balaban J connectivity index is 2.19. The lowest BCUT2D eigenvalue weighted by Crippen LogP contribution is -2.48. The van der Waals surface area contributed by atoms with Crippen LogP contribution in [0.4, 0.5) is 0 Å². The van der Waals surface area contributed by atoms with Crippen molar-refractivity contribution in [2.45, 2.75) is 44.3 Å². The first-order chi connectivity index (χ1) is 7.11. The molecule has 2 aliphatic carbocycles. The quantitative estimate of drug-likeness (QED) is 0.598. The highest BCUT2D eigenvalue weighted by atomic mass is 16.4. The number of carbonyl (C=O) groups is 1. The van der Waals surface area contributed by atoms with Gasteiger partial charge in [0.1, 0.15) is 0 Å². The van der Waals surface area contributed by atoms with E-state index in [0.717, 1.165) is 12.8 Å². The first-order valence-corrected chi connectivity index (χ1v) is 5.70. The lowest BCUT2D eigenvalue weighted by atomic mass is 9.63. The summed E-state index contributed by atoms with van der Waals surface area (Å²) in [4.78, 5) is 11.1. The van der Waals surface area contributed by atoms with Gasteiger partial charge >= 0.3 is 5.97 Å². The largest absolute Gasteiger partial charge is 0.481 e. The van der Waals surface area contributed by atoms with Crippen molar-refractivity contribution in [2.24, 2.45) is 17.8 Å². The number of fused-ring (bicyclic) bond motifs is 1. The van der Waals surface area contributed by atoms with Gasteiger partial charge in [0, 0.05) is 5.92 Å². The summed E-state index contributed by atoms with van der Waals surface area (Å²) in [6.45, 7) is 0. The molecule has 0 unspecified atom stereocenters. The van der Waals surface area contributed by atoms with Crippen LogP contribution < -0.4 is 0 Å². The Morgan fingerprint density at radius 1 is 1.00 bits per heavy atom. The molecule has 0 radical (unpaired) electrons. The number of aliphatic hydroxyl groups excluding tert-OH is 2. The topological polar surface area (TPSA) is 77.8 Å². The minimum absolute atomic E-state index is 0.0106. The molecule has 0 aromatic heterocycles. The van der Waals surface area contributed by atoms with Crippen molar-refractivity contribution in [3.63, 3.8) is 0 Å². The molecule has 0 saturated heterocycles. The Hall–Kier alpha value is -0.610. The first-order valence-electron chi connectivity index (χ1n) is 5.70. The van der Waals surface area contributed by atoms with Gasteiger partial charge in [-0.15, -0.1) is 0 Å². The van der Waals surface area contributed by atoms with Crippen molar-refractivity contribution < 1.29 is 20.1 Å². The molecule has 2 fully saturated rings. The number of hydrogen-bond acceptors (Lipinski definition) is 3. The van der Waals surface area contributed by atoms with Crippen LogP contribution in [0.1, 0.15) is 32.1 Å². The Kier molecular flexibility index (Phi) is 2.98. The van der Waals surface area contributed by atoms with Crippen LogP contribution in [0.25, 0.3) is 0 Å². The van der Waals surface area contributed by atoms with Crippen molar-refractivity contribution >= 4 is 5.97 Å². The molecule has 0 spiro atoms. The van der Waals surface area contributed by atoms with Gasteiger partial charge in [-0.3, -0.25) is 4.79 Å². The standard InChI is InChI=1S/C11H18O4/c12-8-4-5-9(13)10-6(8)2-1-3-7(10)11(14)15/h6-10,12-13H,1-5H2,(H,14,15)/t6-,7-,8+,9+,10+/m1/s1. The molecule has 2 aliphatic rings. The predicted molar refractivity (Wildman–Crippen MR) is 53.2 cm³/mol. The van der Waals surface area contributed by atoms with Crippen LogP contribution >= 0.6 is 0 Å². The fraction of sp³-hybridized carbons (Fsp3) is 0.909. The minimum Gasteiger partial charge on any atom is -0.481 e. The Morgan fingerprint density at radius 2 is 1.67 bits per heavy atom. The molecular weight excluding hydrogens is 196 g/mol. The molecule has 15 heavy (non-hydrogen) atoms. The second-order valence-corrected chi connectivity index (χ2v) is 4.83. The zero-order chi connectivity index (χ0) is 11.0. The smallest absolute Gasteiger partial charge is 0.306 e. The highest BCUT2D eigenvalue weighted by Crippen LogP contribution is 2.44. The highest BCUT2D eigenvalue weighted by molar-refractivity contribution is 5.70. The van der Waals surface area contributed by atoms with Gasteiger partial charge < -0.3 is 15.3 Å². The molecule has 4 nitrogen and oxygen atoms in total. The molecule has 5 atom stereocenters. The van der Waals surface area contributed by atoms with E-state index < -0.39 is 24.1 Å². The summed E-state index contributed by atoms with van der Waals surface area (Å²) in [5.74, 6) is -1.53. The molecule has 4 heteroatoms. The number of aliphatic carboxylic acids is 1. The lowest BCUT2D eigenvalue weighted by Gasteiger charge is -2.44. The SMILES string of the molecule is O=C(O)[C@@H]1CCC[C@H]2[C@@H]1[C@@H](O)CC[C@@H]2O. The van der Waals surface area contributed by atoms with E-state index >= 15 is 0 Å². The van der Waals surface area contributed by atoms with Gasteiger partial charge in [-0.1, -0.05) is 6.42 Å². The zero-order valence-electron chi connectivity index (χ0n) is 8.67. The summed E-state index contributed by atoms with van der Waals surface area (Å²) < 4.78 is 0. The van der Waals surface area contributed by atoms with E-state index in [2.05, 4.69) is 0 Å². The average Bonchev–Trinajstić information content (AvgIpc) is 2.23. The molecule has 0 heterocycles. The summed E-state index contributed by atoms with van der Waals surface area (Å²) in [7, 11) is 0. The number of aliphatic hydroxyl groups is 2. The number of carboxylic acids is 1. The third-order valence-corrected chi connectivity index (χ3v) is 4.03. The second-order valence-electron chi connectivity index (χ2n) is 4.83. The molecule has 0 aliphatic heterocycles. The van der Waals surface area contributed by atoms with E-state index in [1.807, 2.05) is 0 Å². The number of hydrogen-bond donors (Lipinski definition) is 3. The molecule has 2 rings (SSSR count). The second kappa shape index (κ2) is 4.10. The Morgan fingerprint density at radius 3 is 2.33 bits per heavy atom. The molecule has 0 aromatic rings. The van der Waals surface area contributed by atoms with Crippen LogP contribution in [0.3, 0.4) is 0 Å². The summed E-state index contributed by atoms with van der Waals surface area (Å²) in [6.07, 6.45) is 2.52. The Bertz CT molecular complexity index is 253. The van der Waals surface area contributed by atoms with Crippen molar-refractivity contribution in [1.29, 1.82) is 0 Å². The van der Waals surface area contributed by atoms with Gasteiger partial charge in [0.2, 0.25) is 0 Å².